The number of anilines is 1. The van der Waals surface area contributed by atoms with E-state index in [1.54, 1.807) is 30.3 Å². The zero-order valence-corrected chi connectivity index (χ0v) is 19.0. The summed E-state index contributed by atoms with van der Waals surface area (Å²) in [4.78, 5) is 25.3. The maximum Gasteiger partial charge on any atom is 0.291 e. The first-order valence-electron chi connectivity index (χ1n) is 9.75. The molecule has 0 atom stereocenters. The van der Waals surface area contributed by atoms with E-state index in [2.05, 4.69) is 31.8 Å². The number of hydrogen-bond acceptors (Lipinski definition) is 4. The van der Waals surface area contributed by atoms with Crippen LogP contribution in [-0.2, 0) is 6.42 Å². The van der Waals surface area contributed by atoms with Crippen LogP contribution in [-0.4, -0.2) is 17.5 Å². The summed E-state index contributed by atoms with van der Waals surface area (Å²) in [7, 11) is 0. The van der Waals surface area contributed by atoms with E-state index in [0.29, 0.717) is 46.2 Å². The number of nitrogens with one attached hydrogen (secondary N) is 2. The maximum atomic E-state index is 12.9. The van der Waals surface area contributed by atoms with E-state index in [-0.39, 0.29) is 11.7 Å². The summed E-state index contributed by atoms with van der Waals surface area (Å²) in [6, 6.07) is 14.1. The number of furan rings is 1. The van der Waals surface area contributed by atoms with E-state index >= 15 is 0 Å². The van der Waals surface area contributed by atoms with Crippen molar-refractivity contribution in [1.82, 2.24) is 5.43 Å². The van der Waals surface area contributed by atoms with Crippen LogP contribution in [0.2, 0.25) is 5.02 Å². The Balaban J connectivity index is 1.59. The van der Waals surface area contributed by atoms with Gasteiger partial charge in [-0.1, -0.05) is 35.9 Å². The lowest BCUT2D eigenvalue weighted by Crippen LogP contribution is -2.22. The summed E-state index contributed by atoms with van der Waals surface area (Å²) in [6.45, 7) is 1.83. The second-order valence-corrected chi connectivity index (χ2v) is 8.38. The average Bonchev–Trinajstić information content (AvgIpc) is 3.11. The number of rotatable bonds is 4. The number of hydrogen-bond donors (Lipinski definition) is 2. The molecule has 2 aromatic carbocycles. The van der Waals surface area contributed by atoms with Crippen molar-refractivity contribution in [2.24, 2.45) is 5.10 Å². The van der Waals surface area contributed by atoms with Gasteiger partial charge in [-0.05, 0) is 60.0 Å². The summed E-state index contributed by atoms with van der Waals surface area (Å²) >= 11 is 9.52. The number of aryl methyl sites for hydroxylation is 1. The number of benzene rings is 2. The summed E-state index contributed by atoms with van der Waals surface area (Å²) in [5.41, 5.74) is 5.75. The number of para-hydroxylation sites is 1. The lowest BCUT2D eigenvalue weighted by Gasteiger charge is -2.13. The Morgan fingerprint density at radius 3 is 2.58 bits per heavy atom. The van der Waals surface area contributed by atoms with Crippen molar-refractivity contribution in [3.05, 3.63) is 86.2 Å². The Kier molecular flexibility index (Phi) is 6.25. The highest BCUT2D eigenvalue weighted by atomic mass is 79.9. The molecule has 6 nitrogen and oxygen atoms in total. The van der Waals surface area contributed by atoms with Crippen molar-refractivity contribution >= 4 is 50.7 Å². The Labute approximate surface area is 192 Å². The summed E-state index contributed by atoms with van der Waals surface area (Å²) < 4.78 is 6.69. The largest absolute Gasteiger partial charge is 0.455 e. The molecule has 2 N–H and O–H groups in total. The van der Waals surface area contributed by atoms with Crippen molar-refractivity contribution in [2.75, 3.05) is 5.32 Å². The number of hydrazone groups is 1. The molecular formula is C23H19BrClN3O3. The zero-order chi connectivity index (χ0) is 22.0. The van der Waals surface area contributed by atoms with Crippen LogP contribution >= 0.6 is 27.5 Å². The molecule has 0 radical (unpaired) electrons. The second kappa shape index (κ2) is 9.08. The van der Waals surface area contributed by atoms with E-state index in [9.17, 15) is 9.59 Å². The molecular weight excluding hydrogens is 482 g/mol. The van der Waals surface area contributed by atoms with Crippen LogP contribution in [0.1, 0.15) is 50.6 Å². The lowest BCUT2D eigenvalue weighted by atomic mass is 9.93. The zero-order valence-electron chi connectivity index (χ0n) is 16.7. The molecule has 0 fully saturated rings. The van der Waals surface area contributed by atoms with Gasteiger partial charge in [-0.25, -0.2) is 5.43 Å². The second-order valence-electron chi connectivity index (χ2n) is 7.12. The minimum atomic E-state index is -0.390. The molecule has 8 heteroatoms. The Morgan fingerprint density at radius 1 is 1.06 bits per heavy atom. The number of carbonyl (C=O) groups is 2. The third-order valence-electron chi connectivity index (χ3n) is 5.06. The van der Waals surface area contributed by atoms with Gasteiger partial charge in [0.1, 0.15) is 5.76 Å². The van der Waals surface area contributed by atoms with E-state index in [1.807, 2.05) is 25.1 Å². The van der Waals surface area contributed by atoms with Crippen LogP contribution in [0.5, 0.6) is 0 Å². The third-order valence-corrected chi connectivity index (χ3v) is 6.09. The van der Waals surface area contributed by atoms with Crippen molar-refractivity contribution in [3.8, 4) is 0 Å². The van der Waals surface area contributed by atoms with Gasteiger partial charge in [-0.3, -0.25) is 9.59 Å². The smallest absolute Gasteiger partial charge is 0.291 e. The van der Waals surface area contributed by atoms with E-state index in [0.717, 1.165) is 16.5 Å². The van der Waals surface area contributed by atoms with Gasteiger partial charge in [0.15, 0.2) is 5.76 Å². The van der Waals surface area contributed by atoms with Crippen LogP contribution in [0.3, 0.4) is 0 Å². The van der Waals surface area contributed by atoms with E-state index in [1.165, 1.54) is 0 Å². The van der Waals surface area contributed by atoms with Crippen LogP contribution in [0.15, 0.2) is 62.5 Å². The number of fused-ring (bicyclic) bond motifs is 1. The minimum Gasteiger partial charge on any atom is -0.455 e. The van der Waals surface area contributed by atoms with Crippen LogP contribution in [0, 0.1) is 6.92 Å². The molecule has 1 aromatic heterocycles. The molecule has 0 bridgehead atoms. The highest BCUT2D eigenvalue weighted by molar-refractivity contribution is 9.10. The molecule has 0 unspecified atom stereocenters. The normalized spacial score (nSPS) is 14.2. The first kappa shape index (κ1) is 21.3. The fraction of sp³-hybridized carbons (Fsp3) is 0.174. The van der Waals surface area contributed by atoms with E-state index < -0.39 is 5.91 Å². The van der Waals surface area contributed by atoms with Gasteiger partial charge < -0.3 is 9.73 Å². The Hall–Kier alpha value is -2.90. The molecule has 3 aromatic rings. The van der Waals surface area contributed by atoms with Gasteiger partial charge >= 0.3 is 0 Å². The Bertz CT molecular complexity index is 1200. The molecule has 31 heavy (non-hydrogen) atoms. The van der Waals surface area contributed by atoms with Gasteiger partial charge in [0.05, 0.1) is 22.0 Å². The molecule has 1 aliphatic carbocycles. The van der Waals surface area contributed by atoms with E-state index in [4.69, 9.17) is 16.0 Å². The van der Waals surface area contributed by atoms with Gasteiger partial charge in [0, 0.05) is 22.0 Å². The van der Waals surface area contributed by atoms with Crippen molar-refractivity contribution in [2.45, 2.75) is 26.2 Å². The summed E-state index contributed by atoms with van der Waals surface area (Å²) in [5.74, 6) is 0.219. The highest BCUT2D eigenvalue weighted by Crippen LogP contribution is 2.31. The predicted molar refractivity (Wildman–Crippen MR) is 124 cm³/mol. The Morgan fingerprint density at radius 2 is 1.81 bits per heavy atom. The van der Waals surface area contributed by atoms with Crippen molar-refractivity contribution in [1.29, 1.82) is 0 Å². The number of halogens is 2. The monoisotopic (exact) mass is 499 g/mol. The molecule has 0 saturated carbocycles. The highest BCUT2D eigenvalue weighted by Gasteiger charge is 2.28. The van der Waals surface area contributed by atoms with Gasteiger partial charge in [-0.2, -0.15) is 5.10 Å². The third kappa shape index (κ3) is 4.43. The van der Waals surface area contributed by atoms with Crippen molar-refractivity contribution in [3.63, 3.8) is 0 Å². The number of carbonyl (C=O) groups excluding carboxylic acids is 2. The number of nitrogens with zero attached hydrogens (tertiary/aromatic N) is 1. The standard InChI is InChI=1S/C23H19BrClN3O3/c1-13-20-18(27-28-22(29)14-7-2-4-9-16(14)25)11-6-12-19(20)31-21(13)23(30)26-17-10-5-3-8-15(17)24/h2-5,7-10H,6,11-12H2,1H3,(H,26,30)(H,28,29)/b27-18+. The molecule has 0 saturated heterocycles. The van der Waals surface area contributed by atoms with Crippen LogP contribution in [0.4, 0.5) is 5.69 Å². The molecule has 0 aliphatic heterocycles. The quantitative estimate of drug-likeness (QED) is 0.449. The fourth-order valence-corrected chi connectivity index (χ4v) is 4.17. The molecule has 2 amide bonds. The summed E-state index contributed by atoms with van der Waals surface area (Å²) in [5, 5.41) is 7.55. The summed E-state index contributed by atoms with van der Waals surface area (Å²) in [6.07, 6.45) is 2.18. The molecule has 1 aliphatic rings. The van der Waals surface area contributed by atoms with Crippen LogP contribution in [0.25, 0.3) is 0 Å². The topological polar surface area (TPSA) is 83.7 Å². The first-order valence-corrected chi connectivity index (χ1v) is 10.9. The minimum absolute atomic E-state index is 0.243. The molecule has 0 spiro atoms. The van der Waals surface area contributed by atoms with Gasteiger partial charge in [0.25, 0.3) is 11.8 Å². The van der Waals surface area contributed by atoms with Gasteiger partial charge in [0.2, 0.25) is 0 Å². The van der Waals surface area contributed by atoms with Crippen LogP contribution < -0.4 is 10.7 Å². The lowest BCUT2D eigenvalue weighted by molar-refractivity contribution is 0.0953. The predicted octanol–water partition coefficient (Wildman–Crippen LogP) is 5.73. The molecule has 1 heterocycles. The number of amides is 2. The molecule has 4 rings (SSSR count). The fourth-order valence-electron chi connectivity index (χ4n) is 3.56. The van der Waals surface area contributed by atoms with Crippen molar-refractivity contribution < 1.29 is 14.0 Å². The molecule has 158 valence electrons. The SMILES string of the molecule is Cc1c(C(=O)Nc2ccccc2Br)oc2c1/C(=N/NC(=O)c1ccccc1Cl)CCC2. The van der Waals surface area contributed by atoms with Gasteiger partial charge in [-0.15, -0.1) is 0 Å². The maximum absolute atomic E-state index is 12.9. The first-order chi connectivity index (χ1) is 15.0. The average molecular weight is 501 g/mol.